The highest BCUT2D eigenvalue weighted by Crippen LogP contribution is 2.21. The minimum atomic E-state index is 0.433. The Kier molecular flexibility index (Phi) is 3.42. The highest BCUT2D eigenvalue weighted by molar-refractivity contribution is 4.86. The van der Waals surface area contributed by atoms with Crippen LogP contribution in [0.3, 0.4) is 0 Å². The van der Waals surface area contributed by atoms with E-state index in [1.54, 1.807) is 0 Å². The summed E-state index contributed by atoms with van der Waals surface area (Å²) in [5.74, 6) is 0.695. The summed E-state index contributed by atoms with van der Waals surface area (Å²) in [4.78, 5) is 2.61. The molecule has 3 atom stereocenters. The zero-order valence-electron chi connectivity index (χ0n) is 9.33. The molecule has 3 unspecified atom stereocenters. The first-order chi connectivity index (χ1) is 6.81. The Labute approximate surface area is 86.8 Å². The van der Waals surface area contributed by atoms with Crippen LogP contribution in [0.1, 0.15) is 19.8 Å². The van der Waals surface area contributed by atoms with Crippen molar-refractivity contribution in [1.82, 2.24) is 10.2 Å². The Balaban J connectivity index is 1.83. The van der Waals surface area contributed by atoms with Gasteiger partial charge in [-0.05, 0) is 26.3 Å². The van der Waals surface area contributed by atoms with Gasteiger partial charge in [0, 0.05) is 38.7 Å². The lowest BCUT2D eigenvalue weighted by molar-refractivity contribution is 0.0646. The van der Waals surface area contributed by atoms with E-state index in [0.717, 1.165) is 19.1 Å². The van der Waals surface area contributed by atoms with Crippen molar-refractivity contribution in [3.63, 3.8) is 0 Å². The summed E-state index contributed by atoms with van der Waals surface area (Å²) in [6.07, 6.45) is 3.18. The van der Waals surface area contributed by atoms with Crippen LogP contribution in [-0.2, 0) is 4.74 Å². The fourth-order valence-corrected chi connectivity index (χ4v) is 2.73. The molecular formula is C11H22N2O. The highest BCUT2D eigenvalue weighted by atomic mass is 16.5. The van der Waals surface area contributed by atoms with Gasteiger partial charge in [-0.3, -0.25) is 0 Å². The van der Waals surface area contributed by atoms with E-state index in [2.05, 4.69) is 17.1 Å². The standard InChI is InChI=1S/C11H22N2O/c1-9-4-3-5-13(9)8-10-6-12-7-11(10)14-2/h9-12H,3-8H2,1-2H3. The molecule has 1 N–H and O–H groups in total. The lowest BCUT2D eigenvalue weighted by Gasteiger charge is -2.26. The summed E-state index contributed by atoms with van der Waals surface area (Å²) in [7, 11) is 1.83. The van der Waals surface area contributed by atoms with Crippen LogP contribution in [0.25, 0.3) is 0 Å². The maximum Gasteiger partial charge on any atom is 0.0748 e. The van der Waals surface area contributed by atoms with Gasteiger partial charge in [0.2, 0.25) is 0 Å². The van der Waals surface area contributed by atoms with Gasteiger partial charge in [0.25, 0.3) is 0 Å². The molecule has 2 rings (SSSR count). The molecule has 3 nitrogen and oxygen atoms in total. The molecule has 0 saturated carbocycles. The first kappa shape index (κ1) is 10.4. The maximum atomic E-state index is 5.48. The number of nitrogens with one attached hydrogen (secondary N) is 1. The van der Waals surface area contributed by atoms with E-state index in [-0.39, 0.29) is 0 Å². The molecule has 0 spiro atoms. The van der Waals surface area contributed by atoms with E-state index in [1.807, 2.05) is 7.11 Å². The number of rotatable bonds is 3. The van der Waals surface area contributed by atoms with Gasteiger partial charge < -0.3 is 15.0 Å². The predicted molar refractivity (Wildman–Crippen MR) is 57.4 cm³/mol. The monoisotopic (exact) mass is 198 g/mol. The van der Waals surface area contributed by atoms with Crippen molar-refractivity contribution >= 4 is 0 Å². The molecule has 0 radical (unpaired) electrons. The van der Waals surface area contributed by atoms with Crippen LogP contribution in [0.5, 0.6) is 0 Å². The van der Waals surface area contributed by atoms with Crippen molar-refractivity contribution < 1.29 is 4.74 Å². The second-order valence-corrected chi connectivity index (χ2v) is 4.68. The fraction of sp³-hybridized carbons (Fsp3) is 1.00. The zero-order chi connectivity index (χ0) is 9.97. The number of hydrogen-bond acceptors (Lipinski definition) is 3. The SMILES string of the molecule is COC1CNCC1CN1CCCC1C. The third-order valence-corrected chi connectivity index (χ3v) is 3.74. The minimum Gasteiger partial charge on any atom is -0.380 e. The molecule has 0 amide bonds. The molecule has 3 heteroatoms. The Morgan fingerprint density at radius 3 is 2.93 bits per heavy atom. The highest BCUT2D eigenvalue weighted by Gasteiger charge is 2.31. The van der Waals surface area contributed by atoms with Crippen LogP contribution < -0.4 is 5.32 Å². The smallest absolute Gasteiger partial charge is 0.0748 e. The van der Waals surface area contributed by atoms with Crippen LogP contribution in [0.4, 0.5) is 0 Å². The first-order valence-electron chi connectivity index (χ1n) is 5.79. The lowest BCUT2D eigenvalue weighted by atomic mass is 10.1. The molecule has 82 valence electrons. The van der Waals surface area contributed by atoms with E-state index < -0.39 is 0 Å². The number of methoxy groups -OCH3 is 1. The summed E-state index contributed by atoms with van der Waals surface area (Å²) in [5, 5.41) is 3.41. The second-order valence-electron chi connectivity index (χ2n) is 4.68. The predicted octanol–water partition coefficient (Wildman–Crippen LogP) is 0.705. The van der Waals surface area contributed by atoms with Crippen molar-refractivity contribution in [2.45, 2.75) is 31.9 Å². The van der Waals surface area contributed by atoms with Crippen molar-refractivity contribution in [3.05, 3.63) is 0 Å². The summed E-state index contributed by atoms with van der Waals surface area (Å²) < 4.78 is 5.48. The average Bonchev–Trinajstić information content (AvgIpc) is 2.77. The third kappa shape index (κ3) is 2.10. The van der Waals surface area contributed by atoms with Crippen molar-refractivity contribution in [3.8, 4) is 0 Å². The molecule has 0 aliphatic carbocycles. The van der Waals surface area contributed by atoms with Gasteiger partial charge in [-0.25, -0.2) is 0 Å². The Bertz CT molecular complexity index is 186. The van der Waals surface area contributed by atoms with Crippen LogP contribution in [0, 0.1) is 5.92 Å². The van der Waals surface area contributed by atoms with E-state index >= 15 is 0 Å². The van der Waals surface area contributed by atoms with E-state index in [9.17, 15) is 0 Å². The molecule has 2 aliphatic rings. The summed E-state index contributed by atoms with van der Waals surface area (Å²) in [6.45, 7) is 7.00. The first-order valence-corrected chi connectivity index (χ1v) is 5.79. The maximum absolute atomic E-state index is 5.48. The molecular weight excluding hydrogens is 176 g/mol. The normalized spacial score (nSPS) is 39.4. The van der Waals surface area contributed by atoms with Gasteiger partial charge in [0.05, 0.1) is 6.10 Å². The third-order valence-electron chi connectivity index (χ3n) is 3.74. The van der Waals surface area contributed by atoms with Crippen LogP contribution >= 0.6 is 0 Å². The largest absolute Gasteiger partial charge is 0.380 e. The van der Waals surface area contributed by atoms with Gasteiger partial charge in [-0.2, -0.15) is 0 Å². The van der Waals surface area contributed by atoms with Crippen molar-refractivity contribution in [2.75, 3.05) is 33.3 Å². The number of likely N-dealkylation sites (tertiary alicyclic amines) is 1. The van der Waals surface area contributed by atoms with Gasteiger partial charge in [0.1, 0.15) is 0 Å². The molecule has 0 aromatic heterocycles. The van der Waals surface area contributed by atoms with Crippen LogP contribution in [-0.4, -0.2) is 50.3 Å². The minimum absolute atomic E-state index is 0.433. The number of nitrogens with zero attached hydrogens (tertiary/aromatic N) is 1. The molecule has 2 heterocycles. The van der Waals surface area contributed by atoms with Crippen LogP contribution in [0.15, 0.2) is 0 Å². The Morgan fingerprint density at radius 1 is 1.43 bits per heavy atom. The molecule has 0 bridgehead atoms. The van der Waals surface area contributed by atoms with Gasteiger partial charge in [-0.15, -0.1) is 0 Å². The fourth-order valence-electron chi connectivity index (χ4n) is 2.73. The molecule has 0 aromatic carbocycles. The molecule has 0 aromatic rings. The van der Waals surface area contributed by atoms with E-state index in [4.69, 9.17) is 4.74 Å². The summed E-state index contributed by atoms with van der Waals surface area (Å²) in [5.41, 5.74) is 0. The summed E-state index contributed by atoms with van der Waals surface area (Å²) in [6, 6.07) is 0.785. The molecule has 14 heavy (non-hydrogen) atoms. The van der Waals surface area contributed by atoms with E-state index in [1.165, 1.54) is 25.9 Å². The molecule has 2 fully saturated rings. The summed E-state index contributed by atoms with van der Waals surface area (Å²) >= 11 is 0. The Morgan fingerprint density at radius 2 is 2.29 bits per heavy atom. The van der Waals surface area contributed by atoms with E-state index in [0.29, 0.717) is 12.0 Å². The zero-order valence-corrected chi connectivity index (χ0v) is 9.33. The van der Waals surface area contributed by atoms with Gasteiger partial charge in [-0.1, -0.05) is 0 Å². The quantitative estimate of drug-likeness (QED) is 0.722. The Hall–Kier alpha value is -0.120. The second kappa shape index (κ2) is 4.60. The average molecular weight is 198 g/mol. The van der Waals surface area contributed by atoms with Crippen molar-refractivity contribution in [2.24, 2.45) is 5.92 Å². The molecule has 2 saturated heterocycles. The lowest BCUT2D eigenvalue weighted by Crippen LogP contribution is -2.37. The van der Waals surface area contributed by atoms with Gasteiger partial charge in [0.15, 0.2) is 0 Å². The van der Waals surface area contributed by atoms with Crippen LogP contribution in [0.2, 0.25) is 0 Å². The van der Waals surface area contributed by atoms with Gasteiger partial charge >= 0.3 is 0 Å². The molecule has 2 aliphatic heterocycles. The topological polar surface area (TPSA) is 24.5 Å². The number of hydrogen-bond donors (Lipinski definition) is 1. The van der Waals surface area contributed by atoms with Crippen molar-refractivity contribution in [1.29, 1.82) is 0 Å². The number of ether oxygens (including phenoxy) is 1.